The molecule has 154 valence electrons. The molecular weight excluding hydrogens is 394 g/mol. The molecule has 8 nitrogen and oxygen atoms in total. The normalized spacial score (nSPS) is 14.4. The molecule has 2 aromatic carbocycles. The lowest BCUT2D eigenvalue weighted by molar-refractivity contribution is 0.102. The summed E-state index contributed by atoms with van der Waals surface area (Å²) in [6.07, 6.45) is 1.15. The molecule has 1 aliphatic rings. The smallest absolute Gasteiger partial charge is 0.411 e. The van der Waals surface area contributed by atoms with Gasteiger partial charge in [-0.1, -0.05) is 6.07 Å². The molecule has 0 aromatic heterocycles. The van der Waals surface area contributed by atoms with Crippen LogP contribution in [0.25, 0.3) is 0 Å². The highest BCUT2D eigenvalue weighted by Gasteiger charge is 2.27. The van der Waals surface area contributed by atoms with Crippen LogP contribution in [0, 0.1) is 0 Å². The maximum absolute atomic E-state index is 12.7. The number of ether oxygens (including phenoxy) is 1. The minimum Gasteiger partial charge on any atom is -0.450 e. The molecule has 1 fully saturated rings. The maximum atomic E-state index is 12.7. The average Bonchev–Trinajstić information content (AvgIpc) is 3.24. The summed E-state index contributed by atoms with van der Waals surface area (Å²) in [5.41, 5.74) is 1.26. The van der Waals surface area contributed by atoms with Crippen molar-refractivity contribution in [3.05, 3.63) is 54.1 Å². The summed E-state index contributed by atoms with van der Waals surface area (Å²) in [4.78, 5) is 24.1. The Morgan fingerprint density at radius 2 is 1.69 bits per heavy atom. The average molecular weight is 417 g/mol. The number of nitrogens with one attached hydrogen (secondary N) is 2. The number of hydrogen-bond acceptors (Lipinski definition) is 5. The zero-order valence-corrected chi connectivity index (χ0v) is 16.9. The Kier molecular flexibility index (Phi) is 6.50. The number of nitrogens with zero attached hydrogens (tertiary/aromatic N) is 1. The van der Waals surface area contributed by atoms with Gasteiger partial charge in [0.1, 0.15) is 0 Å². The Morgan fingerprint density at radius 3 is 2.34 bits per heavy atom. The van der Waals surface area contributed by atoms with Crippen molar-refractivity contribution in [2.75, 3.05) is 30.3 Å². The highest BCUT2D eigenvalue weighted by molar-refractivity contribution is 7.89. The molecule has 0 spiro atoms. The molecule has 3 rings (SSSR count). The fraction of sp³-hybridized carbons (Fsp3) is 0.300. The summed E-state index contributed by atoms with van der Waals surface area (Å²) in [6, 6.07) is 12.5. The molecule has 2 aromatic rings. The van der Waals surface area contributed by atoms with E-state index in [9.17, 15) is 18.0 Å². The van der Waals surface area contributed by atoms with E-state index in [4.69, 9.17) is 4.74 Å². The second-order valence-corrected chi connectivity index (χ2v) is 8.45. The van der Waals surface area contributed by atoms with E-state index in [1.807, 2.05) is 0 Å². The molecule has 1 saturated heterocycles. The second-order valence-electron chi connectivity index (χ2n) is 6.52. The van der Waals surface area contributed by atoms with Gasteiger partial charge in [-0.25, -0.2) is 13.2 Å². The summed E-state index contributed by atoms with van der Waals surface area (Å²) in [5.74, 6) is -0.386. The van der Waals surface area contributed by atoms with Gasteiger partial charge < -0.3 is 10.1 Å². The van der Waals surface area contributed by atoms with Crippen LogP contribution in [-0.2, 0) is 14.8 Å². The second kappa shape index (κ2) is 9.06. The van der Waals surface area contributed by atoms with Crippen molar-refractivity contribution in [2.24, 2.45) is 0 Å². The Labute approximate surface area is 169 Å². The monoisotopic (exact) mass is 417 g/mol. The van der Waals surface area contributed by atoms with E-state index in [1.165, 1.54) is 16.4 Å². The van der Waals surface area contributed by atoms with Crippen molar-refractivity contribution in [1.82, 2.24) is 4.31 Å². The number of carbonyl (C=O) groups excluding carboxylic acids is 2. The van der Waals surface area contributed by atoms with Crippen LogP contribution in [0.4, 0.5) is 16.2 Å². The Morgan fingerprint density at radius 1 is 1.00 bits per heavy atom. The van der Waals surface area contributed by atoms with Crippen molar-refractivity contribution >= 4 is 33.4 Å². The van der Waals surface area contributed by atoms with E-state index in [2.05, 4.69) is 10.6 Å². The van der Waals surface area contributed by atoms with Crippen LogP contribution in [0.15, 0.2) is 53.4 Å². The number of benzene rings is 2. The topological polar surface area (TPSA) is 105 Å². The quantitative estimate of drug-likeness (QED) is 0.750. The first-order valence-electron chi connectivity index (χ1n) is 9.35. The Balaban J connectivity index is 1.68. The van der Waals surface area contributed by atoms with Crippen molar-refractivity contribution in [2.45, 2.75) is 24.7 Å². The summed E-state index contributed by atoms with van der Waals surface area (Å²) in [6.45, 7) is 3.01. The molecule has 0 radical (unpaired) electrons. The van der Waals surface area contributed by atoms with Crippen LogP contribution in [0.5, 0.6) is 0 Å². The van der Waals surface area contributed by atoms with E-state index >= 15 is 0 Å². The lowest BCUT2D eigenvalue weighted by Crippen LogP contribution is -2.27. The van der Waals surface area contributed by atoms with E-state index in [0.717, 1.165) is 12.8 Å². The number of sulfonamides is 1. The zero-order chi connectivity index (χ0) is 20.9. The molecule has 2 amide bonds. The zero-order valence-electron chi connectivity index (χ0n) is 16.1. The van der Waals surface area contributed by atoms with E-state index < -0.39 is 16.1 Å². The standard InChI is InChI=1S/C20H23N3O5S/c1-2-28-20(25)22-16-10-8-15(9-11-16)19(24)21-17-6-5-7-18(14-17)29(26,27)23-12-3-4-13-23/h5-11,14H,2-4,12-13H2,1H3,(H,21,24)(H,22,25). The summed E-state index contributed by atoms with van der Waals surface area (Å²) >= 11 is 0. The van der Waals surface area contributed by atoms with E-state index in [-0.39, 0.29) is 17.4 Å². The third-order valence-corrected chi connectivity index (χ3v) is 6.36. The van der Waals surface area contributed by atoms with Gasteiger partial charge in [-0.3, -0.25) is 10.1 Å². The highest BCUT2D eigenvalue weighted by Crippen LogP contribution is 2.23. The largest absolute Gasteiger partial charge is 0.450 e. The van der Waals surface area contributed by atoms with Gasteiger partial charge in [0, 0.05) is 30.0 Å². The SMILES string of the molecule is CCOC(=O)Nc1ccc(C(=O)Nc2cccc(S(=O)(=O)N3CCCC3)c2)cc1. The lowest BCUT2D eigenvalue weighted by atomic mass is 10.2. The Hall–Kier alpha value is -2.91. The predicted octanol–water partition coefficient (Wildman–Crippen LogP) is 3.29. The molecule has 0 unspecified atom stereocenters. The molecule has 1 heterocycles. The van der Waals surface area contributed by atoms with Crippen molar-refractivity contribution in [1.29, 1.82) is 0 Å². The van der Waals surface area contributed by atoms with Crippen LogP contribution < -0.4 is 10.6 Å². The number of anilines is 2. The molecule has 0 atom stereocenters. The van der Waals surface area contributed by atoms with Gasteiger partial charge >= 0.3 is 6.09 Å². The van der Waals surface area contributed by atoms with E-state index in [1.54, 1.807) is 43.3 Å². The van der Waals surface area contributed by atoms with Gasteiger partial charge in [0.15, 0.2) is 0 Å². The molecule has 2 N–H and O–H groups in total. The number of amides is 2. The van der Waals surface area contributed by atoms with Gasteiger partial charge in [0.25, 0.3) is 5.91 Å². The van der Waals surface area contributed by atoms with Gasteiger partial charge in [-0.15, -0.1) is 0 Å². The fourth-order valence-electron chi connectivity index (χ4n) is 3.01. The molecule has 0 saturated carbocycles. The molecular formula is C20H23N3O5S. The van der Waals surface area contributed by atoms with Gasteiger partial charge in [-0.05, 0) is 62.2 Å². The Bertz CT molecular complexity index is 983. The number of rotatable bonds is 6. The van der Waals surface area contributed by atoms with Crippen LogP contribution >= 0.6 is 0 Å². The van der Waals surface area contributed by atoms with Crippen LogP contribution in [0.3, 0.4) is 0 Å². The third kappa shape index (κ3) is 5.12. The van der Waals surface area contributed by atoms with Crippen molar-refractivity contribution < 1.29 is 22.7 Å². The summed E-state index contributed by atoms with van der Waals surface area (Å²) in [5, 5.41) is 5.25. The summed E-state index contributed by atoms with van der Waals surface area (Å²) in [7, 11) is -3.55. The third-order valence-electron chi connectivity index (χ3n) is 4.46. The molecule has 1 aliphatic heterocycles. The van der Waals surface area contributed by atoms with Crippen molar-refractivity contribution in [3.63, 3.8) is 0 Å². The first kappa shape index (κ1) is 20.8. The molecule has 29 heavy (non-hydrogen) atoms. The van der Waals surface area contributed by atoms with Crippen LogP contribution in [0.1, 0.15) is 30.1 Å². The first-order valence-corrected chi connectivity index (χ1v) is 10.8. The van der Waals surface area contributed by atoms with Gasteiger partial charge in [0.2, 0.25) is 10.0 Å². The lowest BCUT2D eigenvalue weighted by Gasteiger charge is -2.16. The predicted molar refractivity (Wildman–Crippen MR) is 109 cm³/mol. The highest BCUT2D eigenvalue weighted by atomic mass is 32.2. The van der Waals surface area contributed by atoms with Crippen LogP contribution in [-0.4, -0.2) is 44.4 Å². The summed E-state index contributed by atoms with van der Waals surface area (Å²) < 4.78 is 31.6. The minimum absolute atomic E-state index is 0.159. The van der Waals surface area contributed by atoms with Gasteiger partial charge in [-0.2, -0.15) is 4.31 Å². The first-order chi connectivity index (χ1) is 13.9. The van der Waals surface area contributed by atoms with E-state index in [0.29, 0.717) is 30.0 Å². The number of carbonyl (C=O) groups is 2. The van der Waals surface area contributed by atoms with Gasteiger partial charge in [0.05, 0.1) is 11.5 Å². The fourth-order valence-corrected chi connectivity index (χ4v) is 4.57. The molecule has 0 aliphatic carbocycles. The molecule has 9 heteroatoms. The molecule has 0 bridgehead atoms. The minimum atomic E-state index is -3.55. The maximum Gasteiger partial charge on any atom is 0.411 e. The number of hydrogen-bond donors (Lipinski definition) is 2. The van der Waals surface area contributed by atoms with Crippen molar-refractivity contribution in [3.8, 4) is 0 Å². The van der Waals surface area contributed by atoms with Crippen LogP contribution in [0.2, 0.25) is 0 Å².